The molecule has 0 bridgehead atoms. The molecule has 6 rings (SSSR count). The van der Waals surface area contributed by atoms with Gasteiger partial charge in [0.05, 0.1) is 19.4 Å². The molecule has 0 saturated carbocycles. The predicted molar refractivity (Wildman–Crippen MR) is 124 cm³/mol. The first-order valence-electron chi connectivity index (χ1n) is 10.6. The number of hydrogen-bond acceptors (Lipinski definition) is 7. The van der Waals surface area contributed by atoms with Crippen LogP contribution in [0.25, 0.3) is 27.8 Å². The molecule has 9 nitrogen and oxygen atoms in total. The van der Waals surface area contributed by atoms with Gasteiger partial charge in [-0.3, -0.25) is 4.57 Å². The lowest BCUT2D eigenvalue weighted by Gasteiger charge is -2.28. The van der Waals surface area contributed by atoms with Crippen molar-refractivity contribution in [3.05, 3.63) is 73.3 Å². The van der Waals surface area contributed by atoms with E-state index in [0.29, 0.717) is 29.6 Å². The molecule has 0 atom stereocenters. The van der Waals surface area contributed by atoms with Crippen molar-refractivity contribution >= 4 is 37.8 Å². The topological polar surface area (TPSA) is 95.1 Å². The zero-order valence-electron chi connectivity index (χ0n) is 17.6. The molecule has 166 valence electrons. The fourth-order valence-electron chi connectivity index (χ4n) is 4.19. The minimum absolute atomic E-state index is 0.124. The molecule has 0 aliphatic carbocycles. The Kier molecular flexibility index (Phi) is 4.63. The summed E-state index contributed by atoms with van der Waals surface area (Å²) in [7, 11) is -4.00. The van der Waals surface area contributed by atoms with E-state index in [1.807, 2.05) is 24.3 Å². The van der Waals surface area contributed by atoms with Crippen LogP contribution in [-0.4, -0.2) is 58.4 Å². The van der Waals surface area contributed by atoms with Crippen LogP contribution in [0.4, 0.5) is 5.69 Å². The summed E-state index contributed by atoms with van der Waals surface area (Å²) in [5.41, 5.74) is 2.77. The Bertz CT molecular complexity index is 1570. The van der Waals surface area contributed by atoms with Gasteiger partial charge in [-0.05, 0) is 48.5 Å². The number of ether oxygens (including phenoxy) is 1. The molecule has 0 N–H and O–H groups in total. The van der Waals surface area contributed by atoms with Gasteiger partial charge in [0.1, 0.15) is 10.5 Å². The SMILES string of the molecule is O=S(=O)(c1cn(-c2ccc(N3CCOCC3)cc2)c2ncccc12)n1ncc2cccnc21. The van der Waals surface area contributed by atoms with Crippen LogP contribution in [-0.2, 0) is 14.8 Å². The average molecular weight is 461 g/mol. The normalized spacial score (nSPS) is 14.8. The van der Waals surface area contributed by atoms with Gasteiger partial charge in [-0.25, -0.2) is 9.97 Å². The number of hydrogen-bond donors (Lipinski definition) is 0. The van der Waals surface area contributed by atoms with Crippen LogP contribution >= 0.6 is 0 Å². The van der Waals surface area contributed by atoms with Gasteiger partial charge in [0.15, 0.2) is 5.65 Å². The summed E-state index contributed by atoms with van der Waals surface area (Å²) in [5.74, 6) is 0. The van der Waals surface area contributed by atoms with E-state index in [1.54, 1.807) is 47.4 Å². The molecular weight excluding hydrogens is 440 g/mol. The highest BCUT2D eigenvalue weighted by Crippen LogP contribution is 2.30. The maximum absolute atomic E-state index is 13.6. The molecule has 0 unspecified atom stereocenters. The van der Waals surface area contributed by atoms with E-state index in [1.165, 1.54) is 6.20 Å². The lowest BCUT2D eigenvalue weighted by molar-refractivity contribution is 0.122. The molecular formula is C23H20N6O3S. The fraction of sp³-hybridized carbons (Fsp3) is 0.174. The van der Waals surface area contributed by atoms with E-state index < -0.39 is 10.0 Å². The van der Waals surface area contributed by atoms with Crippen LogP contribution in [0, 0.1) is 0 Å². The Labute approximate surface area is 189 Å². The van der Waals surface area contributed by atoms with Gasteiger partial charge in [-0.1, -0.05) is 0 Å². The van der Waals surface area contributed by atoms with Gasteiger partial charge in [-0.2, -0.15) is 13.5 Å². The summed E-state index contributed by atoms with van der Waals surface area (Å²) in [5, 5.41) is 5.29. The van der Waals surface area contributed by atoms with Crippen LogP contribution < -0.4 is 4.90 Å². The number of rotatable bonds is 4. The smallest absolute Gasteiger partial charge is 0.287 e. The number of fused-ring (bicyclic) bond motifs is 2. The van der Waals surface area contributed by atoms with Crippen LogP contribution in [0.15, 0.2) is 78.2 Å². The Morgan fingerprint density at radius 1 is 0.848 bits per heavy atom. The van der Waals surface area contributed by atoms with Crippen molar-refractivity contribution in [1.82, 2.24) is 23.7 Å². The molecule has 1 fully saturated rings. The van der Waals surface area contributed by atoms with Gasteiger partial charge in [0.25, 0.3) is 10.0 Å². The summed E-state index contributed by atoms with van der Waals surface area (Å²) >= 11 is 0. The fourth-order valence-corrected chi connectivity index (χ4v) is 5.60. The quantitative estimate of drug-likeness (QED) is 0.407. The molecule has 0 amide bonds. The summed E-state index contributed by atoms with van der Waals surface area (Å²) in [6, 6.07) is 15.0. The second kappa shape index (κ2) is 7.68. The van der Waals surface area contributed by atoms with Crippen LogP contribution in [0.1, 0.15) is 0 Å². The second-order valence-corrected chi connectivity index (χ2v) is 9.50. The van der Waals surface area contributed by atoms with E-state index in [2.05, 4.69) is 20.0 Å². The largest absolute Gasteiger partial charge is 0.378 e. The third-order valence-electron chi connectivity index (χ3n) is 5.84. The number of nitrogens with zero attached hydrogens (tertiary/aromatic N) is 6. The van der Waals surface area contributed by atoms with Crippen LogP contribution in [0.5, 0.6) is 0 Å². The van der Waals surface area contributed by atoms with Crippen molar-refractivity contribution < 1.29 is 13.2 Å². The van der Waals surface area contributed by atoms with Crippen LogP contribution in [0.2, 0.25) is 0 Å². The van der Waals surface area contributed by atoms with E-state index in [9.17, 15) is 8.42 Å². The Morgan fingerprint density at radius 2 is 1.55 bits per heavy atom. The first-order valence-corrected chi connectivity index (χ1v) is 12.0. The van der Waals surface area contributed by atoms with Gasteiger partial charge in [0.2, 0.25) is 0 Å². The van der Waals surface area contributed by atoms with Crippen molar-refractivity contribution in [1.29, 1.82) is 0 Å². The number of pyridine rings is 2. The standard InChI is InChI=1S/C23H20N6O3S/c30-33(31,29-22-17(15-26-29)3-1-9-24-22)21-16-28(23-20(21)4-2-10-25-23)19-7-5-18(6-8-19)27-11-13-32-14-12-27/h1-10,15-16H,11-14H2. The second-order valence-electron chi connectivity index (χ2n) is 7.76. The minimum atomic E-state index is -4.00. The summed E-state index contributed by atoms with van der Waals surface area (Å²) in [6.07, 6.45) is 6.31. The third kappa shape index (κ3) is 3.26. The Hall–Kier alpha value is -3.76. The average Bonchev–Trinajstić information content (AvgIpc) is 3.48. The van der Waals surface area contributed by atoms with Crippen molar-refractivity contribution in [2.45, 2.75) is 4.90 Å². The first-order chi connectivity index (χ1) is 16.1. The third-order valence-corrected chi connectivity index (χ3v) is 7.44. The van der Waals surface area contributed by atoms with Crippen molar-refractivity contribution in [2.24, 2.45) is 0 Å². The summed E-state index contributed by atoms with van der Waals surface area (Å²) in [4.78, 5) is 11.1. The zero-order chi connectivity index (χ0) is 22.4. The van der Waals surface area contributed by atoms with Gasteiger partial charge < -0.3 is 9.64 Å². The summed E-state index contributed by atoms with van der Waals surface area (Å²) in [6.45, 7) is 3.13. The van der Waals surface area contributed by atoms with Gasteiger partial charge in [0, 0.05) is 53.8 Å². The molecule has 0 radical (unpaired) electrons. The molecule has 4 aromatic heterocycles. The maximum Gasteiger partial charge on any atom is 0.287 e. The Morgan fingerprint density at radius 3 is 2.33 bits per heavy atom. The number of aromatic nitrogens is 5. The maximum atomic E-state index is 13.6. The van der Waals surface area contributed by atoms with E-state index >= 15 is 0 Å². The van der Waals surface area contributed by atoms with Crippen molar-refractivity contribution in [2.75, 3.05) is 31.2 Å². The highest BCUT2D eigenvalue weighted by molar-refractivity contribution is 7.90. The van der Waals surface area contributed by atoms with E-state index in [0.717, 1.165) is 28.6 Å². The lowest BCUT2D eigenvalue weighted by Crippen LogP contribution is -2.36. The minimum Gasteiger partial charge on any atom is -0.378 e. The highest BCUT2D eigenvalue weighted by Gasteiger charge is 2.27. The van der Waals surface area contributed by atoms with Crippen molar-refractivity contribution in [3.8, 4) is 5.69 Å². The highest BCUT2D eigenvalue weighted by atomic mass is 32.2. The molecule has 1 saturated heterocycles. The zero-order valence-corrected chi connectivity index (χ0v) is 18.4. The number of morpholine rings is 1. The molecule has 5 heterocycles. The van der Waals surface area contributed by atoms with Gasteiger partial charge >= 0.3 is 0 Å². The summed E-state index contributed by atoms with van der Waals surface area (Å²) < 4.78 is 35.5. The Balaban J connectivity index is 1.47. The molecule has 10 heteroatoms. The van der Waals surface area contributed by atoms with Crippen LogP contribution in [0.3, 0.4) is 0 Å². The number of benzene rings is 1. The number of anilines is 1. The van der Waals surface area contributed by atoms with E-state index in [-0.39, 0.29) is 10.5 Å². The molecule has 1 aromatic carbocycles. The first kappa shape index (κ1) is 19.9. The molecule has 1 aliphatic heterocycles. The molecule has 1 aliphatic rings. The lowest BCUT2D eigenvalue weighted by atomic mass is 10.2. The van der Waals surface area contributed by atoms with Gasteiger partial charge in [-0.15, -0.1) is 4.09 Å². The molecule has 33 heavy (non-hydrogen) atoms. The van der Waals surface area contributed by atoms with E-state index in [4.69, 9.17) is 4.74 Å². The predicted octanol–water partition coefficient (Wildman–Crippen LogP) is 2.84. The van der Waals surface area contributed by atoms with Crippen molar-refractivity contribution in [3.63, 3.8) is 0 Å². The monoisotopic (exact) mass is 460 g/mol. The molecule has 5 aromatic rings. The molecule has 0 spiro atoms.